The van der Waals surface area contributed by atoms with Crippen LogP contribution in [0.3, 0.4) is 0 Å². The number of aliphatic carboxylic acids is 1. The maximum atomic E-state index is 10.9. The van der Waals surface area contributed by atoms with Gasteiger partial charge in [-0.05, 0) is 18.6 Å². The van der Waals surface area contributed by atoms with Gasteiger partial charge in [0.2, 0.25) is 0 Å². The van der Waals surface area contributed by atoms with Crippen molar-refractivity contribution in [2.75, 3.05) is 0 Å². The first-order valence-electron chi connectivity index (χ1n) is 6.34. The summed E-state index contributed by atoms with van der Waals surface area (Å²) in [5, 5.41) is 8.94. The molecule has 0 bridgehead atoms. The summed E-state index contributed by atoms with van der Waals surface area (Å²) in [4.78, 5) is 22.4. The Kier molecular flexibility index (Phi) is 2.20. The Morgan fingerprint density at radius 1 is 1.40 bits per heavy atom. The molecule has 0 saturated heterocycles. The van der Waals surface area contributed by atoms with Gasteiger partial charge in [0, 0.05) is 11.5 Å². The van der Waals surface area contributed by atoms with E-state index in [1.165, 1.54) is 6.39 Å². The maximum Gasteiger partial charge on any atom is 0.307 e. The van der Waals surface area contributed by atoms with Gasteiger partial charge in [-0.2, -0.15) is 0 Å². The summed E-state index contributed by atoms with van der Waals surface area (Å²) in [7, 11) is 0. The summed E-state index contributed by atoms with van der Waals surface area (Å²) in [5.41, 5.74) is 3.32. The van der Waals surface area contributed by atoms with Gasteiger partial charge in [-0.3, -0.25) is 4.79 Å². The lowest BCUT2D eigenvalue weighted by Crippen LogP contribution is -1.99. The van der Waals surface area contributed by atoms with E-state index in [0.29, 0.717) is 12.0 Å². The number of aromatic amines is 1. The highest BCUT2D eigenvalue weighted by Crippen LogP contribution is 2.46. The molecule has 1 fully saturated rings. The lowest BCUT2D eigenvalue weighted by molar-refractivity contribution is -0.138. The number of carboxylic acid groups (broad SMARTS) is 1. The number of oxazole rings is 1. The maximum absolute atomic E-state index is 10.9. The molecule has 1 aromatic carbocycles. The molecule has 0 amide bonds. The minimum absolute atomic E-state index is 0.00950. The van der Waals surface area contributed by atoms with Crippen LogP contribution in [-0.4, -0.2) is 26.0 Å². The van der Waals surface area contributed by atoms with E-state index in [4.69, 9.17) is 9.52 Å². The van der Waals surface area contributed by atoms with Crippen LogP contribution in [0.2, 0.25) is 0 Å². The van der Waals surface area contributed by atoms with Crippen LogP contribution in [0.25, 0.3) is 22.4 Å². The zero-order valence-corrected chi connectivity index (χ0v) is 10.4. The Balaban J connectivity index is 1.66. The van der Waals surface area contributed by atoms with Gasteiger partial charge in [-0.15, -0.1) is 0 Å². The zero-order valence-electron chi connectivity index (χ0n) is 10.4. The van der Waals surface area contributed by atoms with Gasteiger partial charge in [0.05, 0.1) is 17.8 Å². The first-order chi connectivity index (χ1) is 9.72. The van der Waals surface area contributed by atoms with E-state index >= 15 is 0 Å². The number of benzene rings is 1. The van der Waals surface area contributed by atoms with E-state index in [-0.39, 0.29) is 11.8 Å². The van der Waals surface area contributed by atoms with E-state index in [0.717, 1.165) is 22.6 Å². The smallest absolute Gasteiger partial charge is 0.307 e. The number of fused-ring (bicyclic) bond motifs is 1. The first-order valence-corrected chi connectivity index (χ1v) is 6.34. The molecule has 100 valence electrons. The molecule has 1 saturated carbocycles. The van der Waals surface area contributed by atoms with Crippen LogP contribution < -0.4 is 0 Å². The van der Waals surface area contributed by atoms with Gasteiger partial charge in [0.25, 0.3) is 0 Å². The molecule has 2 aromatic heterocycles. The number of nitrogens with one attached hydrogen (secondary N) is 1. The van der Waals surface area contributed by atoms with Crippen LogP contribution >= 0.6 is 0 Å². The second-order valence-electron chi connectivity index (χ2n) is 5.00. The predicted octanol–water partition coefficient (Wildman–Crippen LogP) is 2.41. The fourth-order valence-corrected chi connectivity index (χ4v) is 2.46. The van der Waals surface area contributed by atoms with Crippen LogP contribution in [-0.2, 0) is 4.79 Å². The van der Waals surface area contributed by atoms with Crippen molar-refractivity contribution in [3.05, 3.63) is 36.6 Å². The van der Waals surface area contributed by atoms with Gasteiger partial charge >= 0.3 is 5.97 Å². The molecule has 1 aliphatic rings. The molecule has 6 nitrogen and oxygen atoms in total. The topological polar surface area (TPSA) is 92.0 Å². The minimum atomic E-state index is -0.754. The van der Waals surface area contributed by atoms with Gasteiger partial charge in [-0.1, -0.05) is 6.07 Å². The van der Waals surface area contributed by atoms with Crippen molar-refractivity contribution in [1.29, 1.82) is 0 Å². The Morgan fingerprint density at radius 3 is 3.10 bits per heavy atom. The lowest BCUT2D eigenvalue weighted by atomic mass is 10.1. The number of hydrogen-bond acceptors (Lipinski definition) is 4. The first kappa shape index (κ1) is 11.2. The van der Waals surface area contributed by atoms with Gasteiger partial charge in [0.15, 0.2) is 12.0 Å². The molecular formula is C14H11N3O3. The summed E-state index contributed by atoms with van der Waals surface area (Å²) in [6.07, 6.45) is 3.79. The lowest BCUT2D eigenvalue weighted by Gasteiger charge is -1.97. The number of hydrogen-bond donors (Lipinski definition) is 2. The largest absolute Gasteiger partial charge is 0.481 e. The van der Waals surface area contributed by atoms with Crippen molar-refractivity contribution < 1.29 is 14.3 Å². The quantitative estimate of drug-likeness (QED) is 0.761. The van der Waals surface area contributed by atoms with Crippen LogP contribution in [0.4, 0.5) is 0 Å². The SMILES string of the molecule is O=C(O)C1CC1c1ncc(-c2ccc3ncoc3c2)[nH]1. The van der Waals surface area contributed by atoms with Crippen LogP contribution in [0.1, 0.15) is 18.2 Å². The zero-order chi connectivity index (χ0) is 13.7. The van der Waals surface area contributed by atoms with Crippen molar-refractivity contribution in [2.45, 2.75) is 12.3 Å². The molecule has 1 aliphatic carbocycles. The predicted molar refractivity (Wildman–Crippen MR) is 70.1 cm³/mol. The highest BCUT2D eigenvalue weighted by molar-refractivity contribution is 5.79. The average Bonchev–Trinajstić information content (AvgIpc) is 2.89. The molecule has 3 aromatic rings. The highest BCUT2D eigenvalue weighted by Gasteiger charge is 2.46. The monoisotopic (exact) mass is 269 g/mol. The summed E-state index contributed by atoms with van der Waals surface area (Å²) in [6, 6.07) is 5.71. The van der Waals surface area contributed by atoms with E-state index in [9.17, 15) is 4.79 Å². The fourth-order valence-electron chi connectivity index (χ4n) is 2.46. The van der Waals surface area contributed by atoms with E-state index < -0.39 is 5.97 Å². The molecule has 2 N–H and O–H groups in total. The number of nitrogens with zero attached hydrogens (tertiary/aromatic N) is 2. The van der Waals surface area contributed by atoms with Crippen molar-refractivity contribution in [3.63, 3.8) is 0 Å². The van der Waals surface area contributed by atoms with Gasteiger partial charge in [-0.25, -0.2) is 9.97 Å². The average molecular weight is 269 g/mol. The second-order valence-corrected chi connectivity index (χ2v) is 5.00. The number of carboxylic acids is 1. The molecule has 2 heterocycles. The summed E-state index contributed by atoms with van der Waals surface area (Å²) in [5.74, 6) is -0.304. The molecule has 2 atom stereocenters. The van der Waals surface area contributed by atoms with E-state index in [2.05, 4.69) is 15.0 Å². The van der Waals surface area contributed by atoms with Gasteiger partial charge < -0.3 is 14.5 Å². The number of aromatic nitrogens is 3. The molecule has 6 heteroatoms. The molecule has 4 rings (SSSR count). The Morgan fingerprint density at radius 2 is 2.30 bits per heavy atom. The fraction of sp³-hybridized carbons (Fsp3) is 0.214. The van der Waals surface area contributed by atoms with E-state index in [1.54, 1.807) is 6.20 Å². The third-order valence-corrected chi connectivity index (χ3v) is 3.70. The number of H-pyrrole nitrogens is 1. The second kappa shape index (κ2) is 3.93. The molecular weight excluding hydrogens is 258 g/mol. The Labute approximate surface area is 113 Å². The summed E-state index contributed by atoms with van der Waals surface area (Å²) in [6.45, 7) is 0. The standard InChI is InChI=1S/C14H11N3O3/c18-14(19)9-4-8(9)13-15-5-11(17-13)7-1-2-10-12(3-7)20-6-16-10/h1-3,5-6,8-9H,4H2,(H,15,17)(H,18,19). The third kappa shape index (κ3) is 1.69. The molecule has 2 unspecified atom stereocenters. The van der Waals surface area contributed by atoms with Crippen LogP contribution in [0.5, 0.6) is 0 Å². The Hall–Kier alpha value is -2.63. The van der Waals surface area contributed by atoms with Crippen molar-refractivity contribution in [2.24, 2.45) is 5.92 Å². The number of imidazole rings is 1. The normalized spacial score (nSPS) is 21.2. The van der Waals surface area contributed by atoms with Crippen LogP contribution in [0.15, 0.2) is 35.2 Å². The number of carbonyl (C=O) groups is 1. The van der Waals surface area contributed by atoms with Crippen molar-refractivity contribution in [3.8, 4) is 11.3 Å². The summed E-state index contributed by atoms with van der Waals surface area (Å²) < 4.78 is 5.27. The van der Waals surface area contributed by atoms with Crippen molar-refractivity contribution in [1.82, 2.24) is 15.0 Å². The molecule has 20 heavy (non-hydrogen) atoms. The number of rotatable bonds is 3. The Bertz CT molecular complexity index is 805. The van der Waals surface area contributed by atoms with Gasteiger partial charge in [0.1, 0.15) is 11.3 Å². The third-order valence-electron chi connectivity index (χ3n) is 3.70. The molecule has 0 aliphatic heterocycles. The van der Waals surface area contributed by atoms with Crippen molar-refractivity contribution >= 4 is 17.1 Å². The summed E-state index contributed by atoms with van der Waals surface area (Å²) >= 11 is 0. The highest BCUT2D eigenvalue weighted by atomic mass is 16.4. The minimum Gasteiger partial charge on any atom is -0.481 e. The molecule has 0 spiro atoms. The van der Waals surface area contributed by atoms with E-state index in [1.807, 2.05) is 18.2 Å². The van der Waals surface area contributed by atoms with Crippen LogP contribution in [0, 0.1) is 5.92 Å². The molecule has 0 radical (unpaired) electrons.